The molecule has 0 aliphatic heterocycles. The Bertz CT molecular complexity index is 463. The topological polar surface area (TPSA) is 86.2 Å². The van der Waals surface area contributed by atoms with Gasteiger partial charge in [-0.05, 0) is 31.0 Å². The lowest BCUT2D eigenvalue weighted by Gasteiger charge is -2.07. The number of carbonyl (C=O) groups excluding carboxylic acids is 1. The number of nitrogens with two attached hydrogens (primary N) is 2. The summed E-state index contributed by atoms with van der Waals surface area (Å²) in [6.45, 7) is 1.88. The van der Waals surface area contributed by atoms with Crippen LogP contribution in [-0.2, 0) is 16.6 Å². The molecule has 1 rings (SSSR count). The molecule has 0 heterocycles. The van der Waals surface area contributed by atoms with Crippen molar-refractivity contribution in [3.05, 3.63) is 34.3 Å². The number of rotatable bonds is 6. The van der Waals surface area contributed by atoms with E-state index in [1.54, 1.807) is 12.1 Å². The van der Waals surface area contributed by atoms with E-state index in [4.69, 9.17) is 23.1 Å². The van der Waals surface area contributed by atoms with Crippen molar-refractivity contribution in [2.24, 2.45) is 11.5 Å². The highest BCUT2D eigenvalue weighted by atomic mass is 35.5. The van der Waals surface area contributed by atoms with Crippen molar-refractivity contribution >= 4 is 28.3 Å². The standard InChI is InChI=1S/C12H17ClN2O2S/c1-8(14)4-5-18(17)7-10-3-2-9(12(15)16)6-11(10)13/h2-3,6,8H,4-5,7,14H2,1H3,(H2,15,16). The summed E-state index contributed by atoms with van der Waals surface area (Å²) in [5, 5.41) is 0.417. The monoisotopic (exact) mass is 288 g/mol. The van der Waals surface area contributed by atoms with Crippen LogP contribution >= 0.6 is 11.6 Å². The normalized spacial score (nSPS) is 14.2. The molecular formula is C12H17ClN2O2S. The molecule has 4 nitrogen and oxygen atoms in total. The van der Waals surface area contributed by atoms with Gasteiger partial charge in [0.15, 0.2) is 0 Å². The van der Waals surface area contributed by atoms with Gasteiger partial charge in [-0.2, -0.15) is 0 Å². The maximum Gasteiger partial charge on any atom is 0.248 e. The molecule has 0 saturated heterocycles. The van der Waals surface area contributed by atoms with Gasteiger partial charge in [0.2, 0.25) is 5.91 Å². The van der Waals surface area contributed by atoms with Crippen LogP contribution < -0.4 is 11.5 Å². The van der Waals surface area contributed by atoms with Crippen molar-refractivity contribution in [2.45, 2.75) is 25.1 Å². The Morgan fingerprint density at radius 3 is 2.67 bits per heavy atom. The van der Waals surface area contributed by atoms with Gasteiger partial charge in [-0.15, -0.1) is 0 Å². The molecule has 4 N–H and O–H groups in total. The summed E-state index contributed by atoms with van der Waals surface area (Å²) in [6.07, 6.45) is 0.712. The molecule has 0 aromatic heterocycles. The summed E-state index contributed by atoms with van der Waals surface area (Å²) >= 11 is 6.01. The zero-order valence-corrected chi connectivity index (χ0v) is 11.8. The number of hydrogen-bond donors (Lipinski definition) is 2. The van der Waals surface area contributed by atoms with Crippen molar-refractivity contribution < 1.29 is 9.00 Å². The minimum absolute atomic E-state index is 0.0432. The second-order valence-corrected chi connectivity index (χ2v) is 6.21. The first-order chi connectivity index (χ1) is 8.40. The van der Waals surface area contributed by atoms with Crippen LogP contribution in [0.2, 0.25) is 5.02 Å². The van der Waals surface area contributed by atoms with E-state index in [1.807, 2.05) is 6.92 Å². The zero-order chi connectivity index (χ0) is 13.7. The summed E-state index contributed by atoms with van der Waals surface area (Å²) in [7, 11) is -1.000. The first kappa shape index (κ1) is 15.1. The molecule has 2 unspecified atom stereocenters. The van der Waals surface area contributed by atoms with Gasteiger partial charge in [-0.25, -0.2) is 0 Å². The third-order valence-corrected chi connectivity index (χ3v) is 4.13. The number of hydrogen-bond acceptors (Lipinski definition) is 3. The Morgan fingerprint density at radius 1 is 1.50 bits per heavy atom. The first-order valence-corrected chi connectivity index (χ1v) is 7.45. The maximum absolute atomic E-state index is 11.8. The third kappa shape index (κ3) is 4.76. The highest BCUT2D eigenvalue weighted by Crippen LogP contribution is 2.19. The van der Waals surface area contributed by atoms with Crippen molar-refractivity contribution in [3.63, 3.8) is 0 Å². The van der Waals surface area contributed by atoms with Crippen LogP contribution in [0.1, 0.15) is 29.3 Å². The second-order valence-electron chi connectivity index (χ2n) is 4.22. The Kier molecular flexibility index (Phi) is 5.78. The molecule has 1 aromatic rings. The quantitative estimate of drug-likeness (QED) is 0.830. The Balaban J connectivity index is 2.68. The van der Waals surface area contributed by atoms with E-state index in [9.17, 15) is 9.00 Å². The lowest BCUT2D eigenvalue weighted by atomic mass is 10.1. The Hall–Kier alpha value is -0.910. The first-order valence-electron chi connectivity index (χ1n) is 5.59. The van der Waals surface area contributed by atoms with Gasteiger partial charge in [0.25, 0.3) is 0 Å². The Morgan fingerprint density at radius 2 is 2.17 bits per heavy atom. The van der Waals surface area contributed by atoms with E-state index in [1.165, 1.54) is 6.07 Å². The molecule has 0 aliphatic rings. The van der Waals surface area contributed by atoms with Gasteiger partial charge in [-0.1, -0.05) is 17.7 Å². The molecule has 1 aromatic carbocycles. The van der Waals surface area contributed by atoms with Crippen molar-refractivity contribution in [3.8, 4) is 0 Å². The summed E-state index contributed by atoms with van der Waals surface area (Å²) in [5.74, 6) is 0.386. The highest BCUT2D eigenvalue weighted by molar-refractivity contribution is 7.84. The molecule has 2 atom stereocenters. The number of benzene rings is 1. The molecule has 18 heavy (non-hydrogen) atoms. The highest BCUT2D eigenvalue weighted by Gasteiger charge is 2.09. The molecule has 0 bridgehead atoms. The largest absolute Gasteiger partial charge is 0.366 e. The lowest BCUT2D eigenvalue weighted by molar-refractivity contribution is 0.100. The molecule has 6 heteroatoms. The molecule has 0 aliphatic carbocycles. The van der Waals surface area contributed by atoms with E-state index in [-0.39, 0.29) is 6.04 Å². The van der Waals surface area contributed by atoms with Crippen LogP contribution in [0.3, 0.4) is 0 Å². The van der Waals surface area contributed by atoms with Crippen LogP contribution in [0.15, 0.2) is 18.2 Å². The van der Waals surface area contributed by atoms with Crippen LogP contribution in [0, 0.1) is 0 Å². The van der Waals surface area contributed by atoms with Gasteiger partial charge in [0, 0.05) is 38.9 Å². The predicted molar refractivity (Wildman–Crippen MR) is 74.9 cm³/mol. The fraction of sp³-hybridized carbons (Fsp3) is 0.417. The molecule has 100 valence electrons. The van der Waals surface area contributed by atoms with Crippen LogP contribution in [0.25, 0.3) is 0 Å². The van der Waals surface area contributed by atoms with Crippen molar-refractivity contribution in [1.82, 2.24) is 0 Å². The van der Waals surface area contributed by atoms with Crippen LogP contribution in [-0.4, -0.2) is 21.9 Å². The van der Waals surface area contributed by atoms with Crippen molar-refractivity contribution in [2.75, 3.05) is 5.75 Å². The second kappa shape index (κ2) is 6.87. The molecule has 0 fully saturated rings. The minimum Gasteiger partial charge on any atom is -0.366 e. The molecule has 0 radical (unpaired) electrons. The maximum atomic E-state index is 11.8. The number of primary amides is 1. The molecular weight excluding hydrogens is 272 g/mol. The minimum atomic E-state index is -1.000. The summed E-state index contributed by atoms with van der Waals surface area (Å²) < 4.78 is 11.8. The molecule has 0 saturated carbocycles. The van der Waals surface area contributed by atoms with Gasteiger partial charge in [-0.3, -0.25) is 9.00 Å². The average Bonchev–Trinajstić information content (AvgIpc) is 2.29. The zero-order valence-electron chi connectivity index (χ0n) is 10.2. The number of amides is 1. The van der Waals surface area contributed by atoms with E-state index >= 15 is 0 Å². The van der Waals surface area contributed by atoms with E-state index in [0.717, 1.165) is 5.56 Å². The third-order valence-electron chi connectivity index (χ3n) is 2.45. The number of carbonyl (C=O) groups is 1. The van der Waals surface area contributed by atoms with Gasteiger partial charge >= 0.3 is 0 Å². The van der Waals surface area contributed by atoms with Gasteiger partial charge in [0.05, 0.1) is 0 Å². The van der Waals surface area contributed by atoms with Gasteiger partial charge < -0.3 is 11.5 Å². The lowest BCUT2D eigenvalue weighted by Crippen LogP contribution is -2.18. The Labute approximate surface area is 114 Å². The summed E-state index contributed by atoms with van der Waals surface area (Å²) in [4.78, 5) is 11.0. The fourth-order valence-electron chi connectivity index (χ4n) is 1.38. The SMILES string of the molecule is CC(N)CCS(=O)Cc1ccc(C(N)=O)cc1Cl. The predicted octanol–water partition coefficient (Wildman–Crippen LogP) is 1.42. The van der Waals surface area contributed by atoms with E-state index in [2.05, 4.69) is 0 Å². The van der Waals surface area contributed by atoms with Gasteiger partial charge in [0.1, 0.15) is 0 Å². The molecule has 0 spiro atoms. The average molecular weight is 289 g/mol. The number of halogens is 1. The van der Waals surface area contributed by atoms with E-state index in [0.29, 0.717) is 28.5 Å². The molecule has 1 amide bonds. The van der Waals surface area contributed by atoms with E-state index < -0.39 is 16.7 Å². The fourth-order valence-corrected chi connectivity index (χ4v) is 3.08. The van der Waals surface area contributed by atoms with Crippen LogP contribution in [0.4, 0.5) is 0 Å². The summed E-state index contributed by atoms with van der Waals surface area (Å²) in [5.41, 5.74) is 11.9. The van der Waals surface area contributed by atoms with Crippen LogP contribution in [0.5, 0.6) is 0 Å². The summed E-state index contributed by atoms with van der Waals surface area (Å²) in [6, 6.07) is 4.82. The van der Waals surface area contributed by atoms with Crippen molar-refractivity contribution in [1.29, 1.82) is 0 Å². The smallest absolute Gasteiger partial charge is 0.248 e.